The molecule has 1 aromatic carbocycles. The second-order valence-corrected chi connectivity index (χ2v) is 4.57. The number of benzene rings is 1. The van der Waals surface area contributed by atoms with Gasteiger partial charge in [0, 0.05) is 0 Å². The SMILES string of the molecule is Cl.FC(F)(F)c1ccc(C=CC2CCNCC2)cc1. The minimum atomic E-state index is -4.25. The number of hydrogen-bond acceptors (Lipinski definition) is 1. The van der Waals surface area contributed by atoms with Gasteiger partial charge in [0.05, 0.1) is 5.56 Å². The van der Waals surface area contributed by atoms with E-state index in [0.717, 1.165) is 43.6 Å². The van der Waals surface area contributed by atoms with E-state index >= 15 is 0 Å². The van der Waals surface area contributed by atoms with Crippen molar-refractivity contribution in [2.75, 3.05) is 13.1 Å². The minimum Gasteiger partial charge on any atom is -0.317 e. The Morgan fingerprint density at radius 1 is 1.05 bits per heavy atom. The monoisotopic (exact) mass is 291 g/mol. The van der Waals surface area contributed by atoms with Crippen LogP contribution in [0.25, 0.3) is 6.08 Å². The number of alkyl halides is 3. The Morgan fingerprint density at radius 3 is 2.16 bits per heavy atom. The fourth-order valence-electron chi connectivity index (χ4n) is 2.07. The summed E-state index contributed by atoms with van der Waals surface area (Å²) in [5.74, 6) is 0.536. The first kappa shape index (κ1) is 16.1. The maximum atomic E-state index is 12.4. The van der Waals surface area contributed by atoms with Gasteiger partial charge in [-0.25, -0.2) is 0 Å². The highest BCUT2D eigenvalue weighted by Crippen LogP contribution is 2.29. The molecule has 1 fully saturated rings. The number of rotatable bonds is 2. The Hall–Kier alpha value is -1.00. The third-order valence-corrected chi connectivity index (χ3v) is 3.18. The Bertz CT molecular complexity index is 406. The highest BCUT2D eigenvalue weighted by Gasteiger charge is 2.29. The first-order valence-corrected chi connectivity index (χ1v) is 6.12. The van der Waals surface area contributed by atoms with Crippen LogP contribution in [0.15, 0.2) is 30.3 Å². The molecular weight excluding hydrogens is 275 g/mol. The molecule has 0 bridgehead atoms. The third-order valence-electron chi connectivity index (χ3n) is 3.18. The predicted molar refractivity (Wildman–Crippen MR) is 73.3 cm³/mol. The van der Waals surface area contributed by atoms with Gasteiger partial charge in [0.15, 0.2) is 0 Å². The smallest absolute Gasteiger partial charge is 0.317 e. The molecule has 1 N–H and O–H groups in total. The topological polar surface area (TPSA) is 12.0 Å². The molecule has 0 atom stereocenters. The Balaban J connectivity index is 0.00000180. The van der Waals surface area contributed by atoms with Crippen molar-refractivity contribution in [3.8, 4) is 0 Å². The summed E-state index contributed by atoms with van der Waals surface area (Å²) in [7, 11) is 0. The van der Waals surface area contributed by atoms with Crippen molar-refractivity contribution in [3.63, 3.8) is 0 Å². The molecule has 0 amide bonds. The zero-order valence-corrected chi connectivity index (χ0v) is 11.2. The van der Waals surface area contributed by atoms with Crippen LogP contribution in [0.1, 0.15) is 24.0 Å². The summed E-state index contributed by atoms with van der Waals surface area (Å²) in [6.07, 6.45) is 1.95. The van der Waals surface area contributed by atoms with Gasteiger partial charge in [0.2, 0.25) is 0 Å². The molecule has 2 rings (SSSR count). The minimum absolute atomic E-state index is 0. The average molecular weight is 292 g/mol. The van der Waals surface area contributed by atoms with E-state index in [1.165, 1.54) is 12.1 Å². The quantitative estimate of drug-likeness (QED) is 0.863. The van der Waals surface area contributed by atoms with Crippen molar-refractivity contribution in [1.29, 1.82) is 0 Å². The number of halogens is 4. The summed E-state index contributed by atoms with van der Waals surface area (Å²) in [5, 5.41) is 3.28. The predicted octanol–water partition coefficient (Wildman–Crippen LogP) is 4.14. The van der Waals surface area contributed by atoms with Gasteiger partial charge >= 0.3 is 6.18 Å². The molecule has 19 heavy (non-hydrogen) atoms. The average Bonchev–Trinajstić information content (AvgIpc) is 2.37. The zero-order chi connectivity index (χ0) is 13.0. The zero-order valence-electron chi connectivity index (χ0n) is 10.4. The molecule has 106 valence electrons. The molecule has 1 nitrogen and oxygen atoms in total. The second kappa shape index (κ2) is 6.96. The largest absolute Gasteiger partial charge is 0.416 e. The van der Waals surface area contributed by atoms with Crippen LogP contribution in [0.3, 0.4) is 0 Å². The number of allylic oxidation sites excluding steroid dienone is 1. The van der Waals surface area contributed by atoms with E-state index in [1.807, 2.05) is 6.08 Å². The maximum Gasteiger partial charge on any atom is 0.416 e. The summed E-state index contributed by atoms with van der Waals surface area (Å²) in [4.78, 5) is 0. The van der Waals surface area contributed by atoms with Crippen LogP contribution >= 0.6 is 12.4 Å². The molecule has 0 aromatic heterocycles. The molecule has 1 aliphatic heterocycles. The second-order valence-electron chi connectivity index (χ2n) is 4.57. The molecule has 0 spiro atoms. The number of hydrogen-bond donors (Lipinski definition) is 1. The van der Waals surface area contributed by atoms with Crippen LogP contribution in [0.2, 0.25) is 0 Å². The first-order chi connectivity index (χ1) is 8.55. The molecule has 0 unspecified atom stereocenters. The van der Waals surface area contributed by atoms with Gasteiger partial charge in [-0.05, 0) is 49.5 Å². The maximum absolute atomic E-state index is 12.4. The van der Waals surface area contributed by atoms with E-state index in [9.17, 15) is 13.2 Å². The molecule has 1 aromatic rings. The first-order valence-electron chi connectivity index (χ1n) is 6.12. The van der Waals surface area contributed by atoms with Crippen LogP contribution < -0.4 is 5.32 Å². The highest BCUT2D eigenvalue weighted by atomic mass is 35.5. The van der Waals surface area contributed by atoms with E-state index in [2.05, 4.69) is 11.4 Å². The summed E-state index contributed by atoms with van der Waals surface area (Å²) < 4.78 is 37.1. The van der Waals surface area contributed by atoms with Crippen LogP contribution in [0.4, 0.5) is 13.2 Å². The molecule has 1 saturated heterocycles. The van der Waals surface area contributed by atoms with E-state index < -0.39 is 11.7 Å². The lowest BCUT2D eigenvalue weighted by Crippen LogP contribution is -2.26. The van der Waals surface area contributed by atoms with Gasteiger partial charge in [-0.3, -0.25) is 0 Å². The van der Waals surface area contributed by atoms with Gasteiger partial charge in [-0.2, -0.15) is 13.2 Å². The van der Waals surface area contributed by atoms with Gasteiger partial charge in [-0.1, -0.05) is 24.3 Å². The van der Waals surface area contributed by atoms with Crippen LogP contribution in [0.5, 0.6) is 0 Å². The molecule has 0 aliphatic carbocycles. The van der Waals surface area contributed by atoms with Crippen LogP contribution in [-0.2, 0) is 6.18 Å². The van der Waals surface area contributed by atoms with Gasteiger partial charge < -0.3 is 5.32 Å². The van der Waals surface area contributed by atoms with E-state index in [4.69, 9.17) is 0 Å². The van der Waals surface area contributed by atoms with Crippen LogP contribution in [-0.4, -0.2) is 13.1 Å². The molecule has 1 aliphatic rings. The van der Waals surface area contributed by atoms with E-state index in [0.29, 0.717) is 5.92 Å². The standard InChI is InChI=1S/C14H16F3N.ClH/c15-14(16,17)13-5-3-11(4-6-13)1-2-12-7-9-18-10-8-12;/h1-6,12,18H,7-10H2;1H. The van der Waals surface area contributed by atoms with Crippen molar-refractivity contribution in [3.05, 3.63) is 41.5 Å². The fraction of sp³-hybridized carbons (Fsp3) is 0.429. The molecule has 5 heteroatoms. The molecular formula is C14H17ClF3N. The summed E-state index contributed by atoms with van der Waals surface area (Å²) in [5.41, 5.74) is 0.225. The normalized spacial score (nSPS) is 17.4. The van der Waals surface area contributed by atoms with E-state index in [-0.39, 0.29) is 12.4 Å². The van der Waals surface area contributed by atoms with Gasteiger partial charge in [-0.15, -0.1) is 12.4 Å². The van der Waals surface area contributed by atoms with E-state index in [1.54, 1.807) is 0 Å². The lowest BCUT2D eigenvalue weighted by atomic mass is 9.97. The third kappa shape index (κ3) is 4.88. The lowest BCUT2D eigenvalue weighted by Gasteiger charge is -2.19. The van der Waals surface area contributed by atoms with Crippen LogP contribution in [0, 0.1) is 5.92 Å². The lowest BCUT2D eigenvalue weighted by molar-refractivity contribution is -0.137. The van der Waals surface area contributed by atoms with Gasteiger partial charge in [0.25, 0.3) is 0 Å². The van der Waals surface area contributed by atoms with Crippen molar-refractivity contribution < 1.29 is 13.2 Å². The van der Waals surface area contributed by atoms with Crippen molar-refractivity contribution in [2.24, 2.45) is 5.92 Å². The molecule has 0 saturated carbocycles. The summed E-state index contributed by atoms with van der Waals surface area (Å²) >= 11 is 0. The summed E-state index contributed by atoms with van der Waals surface area (Å²) in [6.45, 7) is 2.03. The molecule has 0 radical (unpaired) electrons. The number of nitrogens with one attached hydrogen (secondary N) is 1. The summed E-state index contributed by atoms with van der Waals surface area (Å²) in [6, 6.07) is 5.28. The fourth-order valence-corrected chi connectivity index (χ4v) is 2.07. The van der Waals surface area contributed by atoms with Crippen molar-refractivity contribution >= 4 is 18.5 Å². The van der Waals surface area contributed by atoms with Crippen molar-refractivity contribution in [1.82, 2.24) is 5.32 Å². The van der Waals surface area contributed by atoms with Crippen molar-refractivity contribution in [2.45, 2.75) is 19.0 Å². The van der Waals surface area contributed by atoms with Gasteiger partial charge in [0.1, 0.15) is 0 Å². The Labute approximate surface area is 117 Å². The number of piperidine rings is 1. The molecule has 1 heterocycles. The highest BCUT2D eigenvalue weighted by molar-refractivity contribution is 5.85. The Morgan fingerprint density at radius 2 is 1.63 bits per heavy atom. The Kier molecular flexibility index (Phi) is 5.88.